The number of aromatic nitrogens is 1. The Labute approximate surface area is 103 Å². The highest BCUT2D eigenvalue weighted by Gasteiger charge is 2.02. The number of rotatable bonds is 4. The highest BCUT2D eigenvalue weighted by molar-refractivity contribution is 5.38. The summed E-state index contributed by atoms with van der Waals surface area (Å²) in [6.07, 6.45) is 1.58. The summed E-state index contributed by atoms with van der Waals surface area (Å²) in [5.41, 5.74) is 0.645. The first kappa shape index (κ1) is 12.3. The second-order valence-electron chi connectivity index (χ2n) is 3.69. The van der Waals surface area contributed by atoms with Crippen molar-refractivity contribution in [2.75, 3.05) is 12.4 Å². The molecule has 2 rings (SSSR count). The summed E-state index contributed by atoms with van der Waals surface area (Å²) in [5, 5.41) is 3.00. The van der Waals surface area contributed by atoms with Crippen LogP contribution in [0.2, 0.25) is 0 Å². The van der Waals surface area contributed by atoms with Gasteiger partial charge >= 0.3 is 0 Å². The van der Waals surface area contributed by atoms with Gasteiger partial charge in [0.25, 0.3) is 0 Å². The zero-order valence-electron chi connectivity index (χ0n) is 9.78. The molecular weight excluding hydrogens is 238 g/mol. The highest BCUT2D eigenvalue weighted by Crippen LogP contribution is 2.13. The molecular formula is C13H12F2N2O. The van der Waals surface area contributed by atoms with Gasteiger partial charge in [0.1, 0.15) is 11.6 Å². The molecule has 94 valence electrons. The molecule has 2 aromatic rings. The quantitative estimate of drug-likeness (QED) is 0.905. The van der Waals surface area contributed by atoms with Gasteiger partial charge < -0.3 is 10.1 Å². The molecule has 18 heavy (non-hydrogen) atoms. The van der Waals surface area contributed by atoms with E-state index >= 15 is 0 Å². The van der Waals surface area contributed by atoms with Crippen molar-refractivity contribution in [3.05, 3.63) is 53.7 Å². The van der Waals surface area contributed by atoms with Crippen molar-refractivity contribution >= 4 is 5.82 Å². The maximum atomic E-state index is 13.0. The Kier molecular flexibility index (Phi) is 3.72. The van der Waals surface area contributed by atoms with Crippen LogP contribution in [0.5, 0.6) is 5.75 Å². The maximum absolute atomic E-state index is 13.0. The number of ether oxygens (including phenoxy) is 1. The predicted octanol–water partition coefficient (Wildman–Crippen LogP) is 2.98. The lowest BCUT2D eigenvalue weighted by Gasteiger charge is -2.06. The maximum Gasteiger partial charge on any atom is 0.159 e. The van der Waals surface area contributed by atoms with Crippen LogP contribution in [0.3, 0.4) is 0 Å². The topological polar surface area (TPSA) is 34.1 Å². The molecule has 0 aliphatic heterocycles. The summed E-state index contributed by atoms with van der Waals surface area (Å²) in [6, 6.07) is 7.30. The van der Waals surface area contributed by atoms with E-state index in [9.17, 15) is 8.78 Å². The van der Waals surface area contributed by atoms with Gasteiger partial charge in [-0.15, -0.1) is 0 Å². The summed E-state index contributed by atoms with van der Waals surface area (Å²) in [7, 11) is 1.56. The zero-order valence-corrected chi connectivity index (χ0v) is 9.78. The van der Waals surface area contributed by atoms with Crippen LogP contribution in [0, 0.1) is 11.6 Å². The molecule has 1 heterocycles. The van der Waals surface area contributed by atoms with Crippen molar-refractivity contribution in [1.29, 1.82) is 0 Å². The van der Waals surface area contributed by atoms with E-state index in [4.69, 9.17) is 4.74 Å². The number of benzene rings is 1. The lowest BCUT2D eigenvalue weighted by molar-refractivity contribution is 0.413. The van der Waals surface area contributed by atoms with Crippen LogP contribution in [-0.2, 0) is 6.54 Å². The van der Waals surface area contributed by atoms with Gasteiger partial charge in [0.2, 0.25) is 0 Å². The third-order valence-corrected chi connectivity index (χ3v) is 2.43. The second kappa shape index (κ2) is 5.44. The molecule has 1 aromatic carbocycles. The SMILES string of the molecule is COc1ccc(NCc2ccc(F)c(F)c2)nc1. The van der Waals surface area contributed by atoms with Crippen LogP contribution in [0.1, 0.15) is 5.56 Å². The molecule has 0 aliphatic carbocycles. The minimum absolute atomic E-state index is 0.372. The van der Waals surface area contributed by atoms with E-state index in [0.717, 1.165) is 12.1 Å². The van der Waals surface area contributed by atoms with Gasteiger partial charge in [-0.2, -0.15) is 0 Å². The van der Waals surface area contributed by atoms with Gasteiger partial charge in [-0.05, 0) is 29.8 Å². The van der Waals surface area contributed by atoms with Crippen LogP contribution in [0.4, 0.5) is 14.6 Å². The predicted molar refractivity (Wildman–Crippen MR) is 64.5 cm³/mol. The summed E-state index contributed by atoms with van der Waals surface area (Å²) >= 11 is 0. The summed E-state index contributed by atoms with van der Waals surface area (Å²) < 4.78 is 30.7. The average molecular weight is 250 g/mol. The third-order valence-electron chi connectivity index (χ3n) is 2.43. The molecule has 0 fully saturated rings. The van der Waals surface area contributed by atoms with Crippen LogP contribution >= 0.6 is 0 Å². The number of hydrogen-bond donors (Lipinski definition) is 1. The van der Waals surface area contributed by atoms with Gasteiger partial charge in [0.15, 0.2) is 11.6 Å². The largest absolute Gasteiger partial charge is 0.495 e. The Morgan fingerprint density at radius 2 is 2.00 bits per heavy atom. The Morgan fingerprint density at radius 3 is 2.61 bits per heavy atom. The first-order chi connectivity index (χ1) is 8.69. The normalized spacial score (nSPS) is 10.2. The Bertz CT molecular complexity index is 529. The minimum Gasteiger partial charge on any atom is -0.495 e. The number of hydrogen-bond acceptors (Lipinski definition) is 3. The van der Waals surface area contributed by atoms with E-state index in [2.05, 4.69) is 10.3 Å². The van der Waals surface area contributed by atoms with Crippen molar-refractivity contribution < 1.29 is 13.5 Å². The Morgan fingerprint density at radius 1 is 1.17 bits per heavy atom. The molecule has 0 unspecified atom stereocenters. The van der Waals surface area contributed by atoms with Crippen LogP contribution in [0.15, 0.2) is 36.5 Å². The van der Waals surface area contributed by atoms with Crippen LogP contribution in [-0.4, -0.2) is 12.1 Å². The fraction of sp³-hybridized carbons (Fsp3) is 0.154. The molecule has 0 amide bonds. The first-order valence-electron chi connectivity index (χ1n) is 5.37. The van der Waals surface area contributed by atoms with E-state index in [1.54, 1.807) is 25.4 Å². The lowest BCUT2D eigenvalue weighted by Crippen LogP contribution is -2.02. The second-order valence-corrected chi connectivity index (χ2v) is 3.69. The molecule has 0 saturated heterocycles. The number of halogens is 2. The molecule has 0 saturated carbocycles. The molecule has 3 nitrogen and oxygen atoms in total. The van der Waals surface area contributed by atoms with Crippen molar-refractivity contribution in [3.63, 3.8) is 0 Å². The van der Waals surface area contributed by atoms with Gasteiger partial charge in [0, 0.05) is 6.54 Å². The van der Waals surface area contributed by atoms with Crippen LogP contribution < -0.4 is 10.1 Å². The van der Waals surface area contributed by atoms with E-state index in [-0.39, 0.29) is 0 Å². The van der Waals surface area contributed by atoms with E-state index in [1.807, 2.05) is 0 Å². The molecule has 1 N–H and O–H groups in total. The molecule has 0 aliphatic rings. The van der Waals surface area contributed by atoms with E-state index in [0.29, 0.717) is 23.7 Å². The van der Waals surface area contributed by atoms with E-state index < -0.39 is 11.6 Å². The minimum atomic E-state index is -0.850. The average Bonchev–Trinajstić information content (AvgIpc) is 2.41. The van der Waals surface area contributed by atoms with Gasteiger partial charge in [-0.3, -0.25) is 0 Å². The summed E-state index contributed by atoms with van der Waals surface area (Å²) in [6.45, 7) is 0.372. The molecule has 0 atom stereocenters. The summed E-state index contributed by atoms with van der Waals surface area (Å²) in [5.74, 6) is -0.396. The van der Waals surface area contributed by atoms with Crippen LogP contribution in [0.25, 0.3) is 0 Å². The fourth-order valence-corrected chi connectivity index (χ4v) is 1.45. The van der Waals surface area contributed by atoms with Gasteiger partial charge in [-0.1, -0.05) is 6.07 Å². The van der Waals surface area contributed by atoms with Crippen molar-refractivity contribution in [1.82, 2.24) is 4.98 Å². The Balaban J connectivity index is 1.99. The molecule has 1 aromatic heterocycles. The van der Waals surface area contributed by atoms with Crippen molar-refractivity contribution in [2.45, 2.75) is 6.54 Å². The molecule has 0 bridgehead atoms. The molecule has 0 radical (unpaired) electrons. The number of methoxy groups -OCH3 is 1. The molecule has 0 spiro atoms. The van der Waals surface area contributed by atoms with E-state index in [1.165, 1.54) is 6.07 Å². The van der Waals surface area contributed by atoms with Gasteiger partial charge in [-0.25, -0.2) is 13.8 Å². The number of anilines is 1. The Hall–Kier alpha value is -2.17. The first-order valence-corrected chi connectivity index (χ1v) is 5.37. The smallest absolute Gasteiger partial charge is 0.159 e. The third kappa shape index (κ3) is 2.94. The monoisotopic (exact) mass is 250 g/mol. The molecule has 5 heteroatoms. The standard InChI is InChI=1S/C13H12F2N2O/c1-18-10-3-5-13(17-8-10)16-7-9-2-4-11(14)12(15)6-9/h2-6,8H,7H2,1H3,(H,16,17). The zero-order chi connectivity index (χ0) is 13.0. The van der Waals surface area contributed by atoms with Crippen molar-refractivity contribution in [2.24, 2.45) is 0 Å². The number of nitrogens with one attached hydrogen (secondary N) is 1. The fourth-order valence-electron chi connectivity index (χ4n) is 1.45. The van der Waals surface area contributed by atoms with Gasteiger partial charge in [0.05, 0.1) is 13.3 Å². The van der Waals surface area contributed by atoms with Crippen molar-refractivity contribution in [3.8, 4) is 5.75 Å². The number of nitrogens with zero attached hydrogens (tertiary/aromatic N) is 1. The summed E-state index contributed by atoms with van der Waals surface area (Å²) in [4.78, 5) is 4.10. The highest BCUT2D eigenvalue weighted by atomic mass is 19.2. The lowest BCUT2D eigenvalue weighted by atomic mass is 10.2. The number of pyridine rings is 1.